The lowest BCUT2D eigenvalue weighted by Crippen LogP contribution is -2.56. The first-order chi connectivity index (χ1) is 17.5. The Kier molecular flexibility index (Phi) is 9.83. The Labute approximate surface area is 226 Å². The molecular formula is C27H36N4O4S2. The number of carbonyl (C=O) groups excluding carboxylic acids is 3. The van der Waals surface area contributed by atoms with Crippen LogP contribution in [0, 0.1) is 0 Å². The smallest absolute Gasteiger partial charge is 0.249 e. The highest BCUT2D eigenvalue weighted by Crippen LogP contribution is 2.34. The van der Waals surface area contributed by atoms with E-state index in [1.165, 1.54) is 16.2 Å². The molecule has 0 aliphatic carbocycles. The van der Waals surface area contributed by atoms with Crippen molar-refractivity contribution in [2.24, 2.45) is 5.73 Å². The lowest BCUT2D eigenvalue weighted by atomic mass is 9.91. The van der Waals surface area contributed by atoms with Crippen molar-refractivity contribution in [2.45, 2.75) is 50.7 Å². The van der Waals surface area contributed by atoms with Gasteiger partial charge >= 0.3 is 0 Å². The number of rotatable bonds is 12. The molecule has 37 heavy (non-hydrogen) atoms. The summed E-state index contributed by atoms with van der Waals surface area (Å²) < 4.78 is 6.65. The maximum atomic E-state index is 13.8. The van der Waals surface area contributed by atoms with Gasteiger partial charge in [0.1, 0.15) is 18.7 Å². The highest BCUT2D eigenvalue weighted by molar-refractivity contribution is 7.17. The second-order valence-electron chi connectivity index (χ2n) is 9.87. The van der Waals surface area contributed by atoms with Crippen molar-refractivity contribution in [1.29, 1.82) is 0 Å². The van der Waals surface area contributed by atoms with Crippen LogP contribution < -0.4 is 16.4 Å². The number of ether oxygens (including phenoxy) is 1. The molecular weight excluding hydrogens is 508 g/mol. The summed E-state index contributed by atoms with van der Waals surface area (Å²) in [6, 6.07) is 10.2. The number of amides is 3. The van der Waals surface area contributed by atoms with Crippen LogP contribution in [0.3, 0.4) is 0 Å². The number of fused-ring (bicyclic) bond motifs is 1. The Balaban J connectivity index is 1.89. The van der Waals surface area contributed by atoms with E-state index in [0.29, 0.717) is 6.42 Å². The van der Waals surface area contributed by atoms with E-state index in [9.17, 15) is 14.4 Å². The van der Waals surface area contributed by atoms with E-state index in [-0.39, 0.29) is 30.9 Å². The van der Waals surface area contributed by atoms with Crippen LogP contribution in [-0.2, 0) is 25.5 Å². The Hall–Kier alpha value is -2.79. The molecule has 10 heteroatoms. The van der Waals surface area contributed by atoms with Crippen molar-refractivity contribution in [3.05, 3.63) is 57.6 Å². The van der Waals surface area contributed by atoms with Gasteiger partial charge in [-0.2, -0.15) is 0 Å². The molecule has 200 valence electrons. The fourth-order valence-electron chi connectivity index (χ4n) is 4.19. The van der Waals surface area contributed by atoms with Gasteiger partial charge < -0.3 is 26.0 Å². The minimum atomic E-state index is -0.865. The molecule has 1 aromatic carbocycles. The van der Waals surface area contributed by atoms with Gasteiger partial charge in [-0.3, -0.25) is 14.4 Å². The number of benzene rings is 1. The molecule has 2 aromatic heterocycles. The molecule has 4 N–H and O–H groups in total. The Morgan fingerprint density at radius 2 is 1.84 bits per heavy atom. The first-order valence-corrected chi connectivity index (χ1v) is 13.9. The van der Waals surface area contributed by atoms with Crippen molar-refractivity contribution in [3.63, 3.8) is 0 Å². The minimum Gasteiger partial charge on any atom is -0.370 e. The number of nitrogens with two attached hydrogens (primary N) is 1. The number of hydrogen-bond donors (Lipinski definition) is 3. The minimum absolute atomic E-state index is 0.202. The molecule has 0 bridgehead atoms. The molecule has 8 nitrogen and oxygen atoms in total. The standard InChI is InChI=1S/C27H36N4O4S2/c1-17(20-15-37-22-11-7-6-10-19(20)22)24(31(5)23(32)14-35-16-27(2,3)28)26(34)30-21(25(33)29-4)13-18-9-8-12-36-18/h6-12,15,17,21,24H,13-14,16,28H2,1-5H3,(H,29,33)(H,30,34). The van der Waals surface area contributed by atoms with E-state index in [0.717, 1.165) is 20.5 Å². The quantitative estimate of drug-likeness (QED) is 0.324. The zero-order chi connectivity index (χ0) is 27.2. The summed E-state index contributed by atoms with van der Waals surface area (Å²) in [5.41, 5.74) is 6.36. The third-order valence-electron chi connectivity index (χ3n) is 6.12. The van der Waals surface area contributed by atoms with Gasteiger partial charge in [-0.1, -0.05) is 31.2 Å². The molecule has 3 amide bonds. The number of carbonyl (C=O) groups is 3. The van der Waals surface area contributed by atoms with Gasteiger partial charge in [-0.05, 0) is 47.7 Å². The number of hydrogen-bond acceptors (Lipinski definition) is 7. The van der Waals surface area contributed by atoms with Crippen molar-refractivity contribution in [1.82, 2.24) is 15.5 Å². The molecule has 3 rings (SSSR count). The van der Waals surface area contributed by atoms with E-state index >= 15 is 0 Å². The predicted molar refractivity (Wildman–Crippen MR) is 150 cm³/mol. The van der Waals surface area contributed by atoms with Gasteiger partial charge in [0.15, 0.2) is 0 Å². The maximum Gasteiger partial charge on any atom is 0.249 e. The van der Waals surface area contributed by atoms with Gasteiger partial charge in [0.05, 0.1) is 6.61 Å². The van der Waals surface area contributed by atoms with Gasteiger partial charge in [0.2, 0.25) is 17.7 Å². The lowest BCUT2D eigenvalue weighted by Gasteiger charge is -2.33. The first kappa shape index (κ1) is 28.8. The SMILES string of the molecule is CNC(=O)C(Cc1cccs1)NC(=O)C(C(C)c1csc2ccccc12)N(C)C(=O)COCC(C)(C)N. The summed E-state index contributed by atoms with van der Waals surface area (Å²) in [6.45, 7) is 5.56. The van der Waals surface area contributed by atoms with Crippen LogP contribution in [0.4, 0.5) is 0 Å². The molecule has 0 radical (unpaired) electrons. The van der Waals surface area contributed by atoms with Crippen molar-refractivity contribution in [3.8, 4) is 0 Å². The van der Waals surface area contributed by atoms with Crippen LogP contribution in [0.15, 0.2) is 47.2 Å². The van der Waals surface area contributed by atoms with Crippen LogP contribution in [0.1, 0.15) is 37.1 Å². The Bertz CT molecular complexity index is 1200. The molecule has 0 saturated heterocycles. The normalized spacial score (nSPS) is 14.1. The molecule has 3 aromatic rings. The predicted octanol–water partition coefficient (Wildman–Crippen LogP) is 3.12. The van der Waals surface area contributed by atoms with Gasteiger partial charge in [-0.15, -0.1) is 22.7 Å². The summed E-state index contributed by atoms with van der Waals surface area (Å²) >= 11 is 3.12. The lowest BCUT2D eigenvalue weighted by molar-refractivity contribution is -0.144. The van der Waals surface area contributed by atoms with Crippen LogP contribution >= 0.6 is 22.7 Å². The maximum absolute atomic E-state index is 13.8. The van der Waals surface area contributed by atoms with E-state index < -0.39 is 23.5 Å². The largest absolute Gasteiger partial charge is 0.370 e. The summed E-state index contributed by atoms with van der Waals surface area (Å²) in [4.78, 5) is 42.0. The number of nitrogens with zero attached hydrogens (tertiary/aromatic N) is 1. The molecule has 3 atom stereocenters. The number of thiophene rings is 2. The molecule has 0 spiro atoms. The van der Waals surface area contributed by atoms with E-state index in [1.54, 1.807) is 25.4 Å². The highest BCUT2D eigenvalue weighted by atomic mass is 32.1. The van der Waals surface area contributed by atoms with E-state index in [4.69, 9.17) is 10.5 Å². The van der Waals surface area contributed by atoms with Crippen LogP contribution in [0.25, 0.3) is 10.1 Å². The van der Waals surface area contributed by atoms with Crippen molar-refractivity contribution < 1.29 is 19.1 Å². The topological polar surface area (TPSA) is 114 Å². The van der Waals surface area contributed by atoms with Crippen LogP contribution in [-0.4, -0.2) is 67.6 Å². The van der Waals surface area contributed by atoms with Crippen molar-refractivity contribution in [2.75, 3.05) is 27.3 Å². The second-order valence-corrected chi connectivity index (χ2v) is 11.8. The molecule has 0 fully saturated rings. The van der Waals surface area contributed by atoms with E-state index in [1.807, 2.05) is 67.9 Å². The summed E-state index contributed by atoms with van der Waals surface area (Å²) in [7, 11) is 3.14. The number of likely N-dealkylation sites (N-methyl/N-ethyl adjacent to an activating group) is 2. The number of nitrogens with one attached hydrogen (secondary N) is 2. The molecule has 3 unspecified atom stereocenters. The third kappa shape index (κ3) is 7.61. The van der Waals surface area contributed by atoms with Crippen LogP contribution in [0.5, 0.6) is 0 Å². The van der Waals surface area contributed by atoms with Crippen molar-refractivity contribution >= 4 is 50.5 Å². The fraction of sp³-hybridized carbons (Fsp3) is 0.444. The molecule has 0 aliphatic heterocycles. The van der Waals surface area contributed by atoms with Gasteiger partial charge in [0.25, 0.3) is 0 Å². The molecule has 0 aliphatic rings. The van der Waals surface area contributed by atoms with E-state index in [2.05, 4.69) is 10.6 Å². The van der Waals surface area contributed by atoms with Crippen LogP contribution in [0.2, 0.25) is 0 Å². The average molecular weight is 545 g/mol. The third-order valence-corrected chi connectivity index (χ3v) is 8.00. The first-order valence-electron chi connectivity index (χ1n) is 12.1. The fourth-order valence-corrected chi connectivity index (χ4v) is 6.01. The second kappa shape index (κ2) is 12.6. The molecule has 0 saturated carbocycles. The summed E-state index contributed by atoms with van der Waals surface area (Å²) in [6.07, 6.45) is 0.359. The Morgan fingerprint density at radius 3 is 2.49 bits per heavy atom. The summed E-state index contributed by atoms with van der Waals surface area (Å²) in [5.74, 6) is -1.38. The van der Waals surface area contributed by atoms with Gasteiger partial charge in [0, 0.05) is 41.6 Å². The Morgan fingerprint density at radius 1 is 1.11 bits per heavy atom. The molecule has 2 heterocycles. The zero-order valence-electron chi connectivity index (χ0n) is 21.9. The monoisotopic (exact) mass is 544 g/mol. The zero-order valence-corrected chi connectivity index (χ0v) is 23.6. The average Bonchev–Trinajstić information content (AvgIpc) is 3.52. The summed E-state index contributed by atoms with van der Waals surface area (Å²) in [5, 5.41) is 10.6. The highest BCUT2D eigenvalue weighted by Gasteiger charge is 2.36. The van der Waals surface area contributed by atoms with Gasteiger partial charge in [-0.25, -0.2) is 0 Å².